The number of H-pyrrole nitrogens is 1. The van der Waals surface area contributed by atoms with Crippen molar-refractivity contribution >= 4 is 28.2 Å². The van der Waals surface area contributed by atoms with E-state index >= 15 is 0 Å². The molecule has 1 aliphatic rings. The molecule has 4 rings (SSSR count). The van der Waals surface area contributed by atoms with E-state index in [1.165, 1.54) is 33.3 Å². The van der Waals surface area contributed by atoms with Crippen molar-refractivity contribution in [2.75, 3.05) is 11.1 Å². The first-order valence-electron chi connectivity index (χ1n) is 8.78. The van der Waals surface area contributed by atoms with Gasteiger partial charge in [0.05, 0.1) is 0 Å². The van der Waals surface area contributed by atoms with Gasteiger partial charge in [-0.2, -0.15) is 0 Å². The molecule has 0 fully saturated rings. The lowest BCUT2D eigenvalue weighted by molar-refractivity contribution is -0.120. The molecule has 0 aliphatic heterocycles. The molecular weight excluding hydrogens is 310 g/mol. The highest BCUT2D eigenvalue weighted by atomic mass is 16.1. The topological polar surface area (TPSA) is 70.9 Å². The first kappa shape index (κ1) is 15.8. The lowest BCUT2D eigenvalue weighted by Crippen LogP contribution is -2.28. The van der Waals surface area contributed by atoms with Crippen molar-refractivity contribution in [2.24, 2.45) is 5.92 Å². The molecule has 0 radical (unpaired) electrons. The Morgan fingerprint density at radius 1 is 1.20 bits per heavy atom. The number of hydrogen-bond acceptors (Lipinski definition) is 2. The van der Waals surface area contributed by atoms with E-state index in [9.17, 15) is 4.79 Å². The molecule has 1 atom stereocenters. The fraction of sp³-hybridized carbons (Fsp3) is 0.286. The zero-order valence-electron chi connectivity index (χ0n) is 14.6. The summed E-state index contributed by atoms with van der Waals surface area (Å²) in [7, 11) is 0. The van der Waals surface area contributed by atoms with Gasteiger partial charge in [-0.3, -0.25) is 4.79 Å². The molecule has 0 spiro atoms. The Balaban J connectivity index is 1.59. The van der Waals surface area contributed by atoms with Crippen LogP contribution in [0.3, 0.4) is 0 Å². The minimum Gasteiger partial charge on any atom is -0.399 e. The number of anilines is 2. The highest BCUT2D eigenvalue weighted by Gasteiger charge is 2.27. The fourth-order valence-electron chi connectivity index (χ4n) is 3.77. The summed E-state index contributed by atoms with van der Waals surface area (Å²) >= 11 is 0. The number of hydrogen-bond donors (Lipinski definition) is 3. The van der Waals surface area contributed by atoms with Crippen molar-refractivity contribution < 1.29 is 4.79 Å². The van der Waals surface area contributed by atoms with Crippen molar-refractivity contribution in [3.63, 3.8) is 0 Å². The van der Waals surface area contributed by atoms with Crippen LogP contribution in [0.25, 0.3) is 10.9 Å². The van der Waals surface area contributed by atoms with E-state index in [2.05, 4.69) is 36.3 Å². The number of aryl methyl sites for hydroxylation is 3. The van der Waals surface area contributed by atoms with Crippen LogP contribution in [0.2, 0.25) is 0 Å². The van der Waals surface area contributed by atoms with Crippen molar-refractivity contribution in [3.05, 3.63) is 58.8 Å². The predicted molar refractivity (Wildman–Crippen MR) is 103 cm³/mol. The number of carbonyl (C=O) groups excluding carboxylic acids is 1. The lowest BCUT2D eigenvalue weighted by Gasteiger charge is -2.22. The Kier molecular flexibility index (Phi) is 3.75. The maximum absolute atomic E-state index is 12.7. The number of amides is 1. The van der Waals surface area contributed by atoms with Crippen molar-refractivity contribution in [1.29, 1.82) is 0 Å². The average molecular weight is 333 g/mol. The zero-order valence-corrected chi connectivity index (χ0v) is 14.6. The number of rotatable bonds is 2. The molecule has 2 aromatic carbocycles. The van der Waals surface area contributed by atoms with Gasteiger partial charge in [0.15, 0.2) is 0 Å². The number of nitrogens with one attached hydrogen (secondary N) is 2. The Morgan fingerprint density at radius 3 is 2.80 bits per heavy atom. The van der Waals surface area contributed by atoms with Gasteiger partial charge < -0.3 is 16.0 Å². The van der Waals surface area contributed by atoms with E-state index in [-0.39, 0.29) is 11.8 Å². The van der Waals surface area contributed by atoms with Gasteiger partial charge in [-0.1, -0.05) is 6.07 Å². The quantitative estimate of drug-likeness (QED) is 0.618. The number of carbonyl (C=O) groups is 1. The predicted octanol–water partition coefficient (Wildman–Crippen LogP) is 4.11. The van der Waals surface area contributed by atoms with Gasteiger partial charge in [0.1, 0.15) is 0 Å². The van der Waals surface area contributed by atoms with E-state index in [1.807, 2.05) is 18.2 Å². The standard InChI is InChI=1S/C21H23N3O/c1-12-8-17-18-10-14(6-7-19(18)24-20(17)9-13(12)2)21(25)23-16-5-3-4-15(22)11-16/h3-5,8-9,11,14,24H,6-7,10,22H2,1-2H3,(H,23,25). The maximum Gasteiger partial charge on any atom is 0.227 e. The highest BCUT2D eigenvalue weighted by Crippen LogP contribution is 2.33. The number of nitrogen functional groups attached to an aromatic ring is 1. The molecule has 25 heavy (non-hydrogen) atoms. The van der Waals surface area contributed by atoms with E-state index in [1.54, 1.807) is 6.07 Å². The van der Waals surface area contributed by atoms with Crippen LogP contribution in [0.1, 0.15) is 28.8 Å². The second-order valence-corrected chi connectivity index (χ2v) is 7.12. The van der Waals surface area contributed by atoms with Gasteiger partial charge in [-0.25, -0.2) is 0 Å². The number of benzene rings is 2. The molecule has 1 aromatic heterocycles. The first-order chi connectivity index (χ1) is 12.0. The normalized spacial score (nSPS) is 16.6. The van der Waals surface area contributed by atoms with Gasteiger partial charge in [-0.15, -0.1) is 0 Å². The summed E-state index contributed by atoms with van der Waals surface area (Å²) in [5, 5.41) is 4.28. The van der Waals surface area contributed by atoms with Crippen LogP contribution >= 0.6 is 0 Å². The summed E-state index contributed by atoms with van der Waals surface area (Å²) in [5.74, 6) is 0.0731. The molecule has 4 nitrogen and oxygen atoms in total. The molecule has 1 heterocycles. The SMILES string of the molecule is Cc1cc2[nH]c3c(c2cc1C)CC(C(=O)Nc1cccc(N)c1)CC3. The van der Waals surface area contributed by atoms with Crippen LogP contribution in [-0.2, 0) is 17.6 Å². The van der Waals surface area contributed by atoms with Crippen molar-refractivity contribution in [3.8, 4) is 0 Å². The molecule has 0 saturated heterocycles. The van der Waals surface area contributed by atoms with E-state index in [0.29, 0.717) is 5.69 Å². The summed E-state index contributed by atoms with van der Waals surface area (Å²) < 4.78 is 0. The van der Waals surface area contributed by atoms with Gasteiger partial charge in [-0.05, 0) is 80.1 Å². The smallest absolute Gasteiger partial charge is 0.227 e. The molecule has 1 unspecified atom stereocenters. The third kappa shape index (κ3) is 2.88. The molecule has 1 aliphatic carbocycles. The molecule has 3 aromatic rings. The Bertz CT molecular complexity index is 971. The summed E-state index contributed by atoms with van der Waals surface area (Å²) in [5.41, 5.74) is 13.6. The number of nitrogens with two attached hydrogens (primary N) is 1. The van der Waals surface area contributed by atoms with E-state index in [0.717, 1.165) is 24.9 Å². The number of fused-ring (bicyclic) bond motifs is 3. The van der Waals surface area contributed by atoms with Crippen LogP contribution < -0.4 is 11.1 Å². The van der Waals surface area contributed by atoms with E-state index in [4.69, 9.17) is 5.73 Å². The lowest BCUT2D eigenvalue weighted by atomic mass is 9.85. The van der Waals surface area contributed by atoms with Gasteiger partial charge in [0.25, 0.3) is 0 Å². The summed E-state index contributed by atoms with van der Waals surface area (Å²) in [4.78, 5) is 16.3. The molecule has 128 valence electrons. The first-order valence-corrected chi connectivity index (χ1v) is 8.78. The second kappa shape index (κ2) is 5.96. The average Bonchev–Trinajstić information content (AvgIpc) is 2.92. The largest absolute Gasteiger partial charge is 0.399 e. The van der Waals surface area contributed by atoms with Gasteiger partial charge in [0, 0.05) is 33.9 Å². The van der Waals surface area contributed by atoms with Crippen LogP contribution in [0, 0.1) is 19.8 Å². The fourth-order valence-corrected chi connectivity index (χ4v) is 3.77. The van der Waals surface area contributed by atoms with Gasteiger partial charge >= 0.3 is 0 Å². The second-order valence-electron chi connectivity index (χ2n) is 7.12. The zero-order chi connectivity index (χ0) is 17.6. The van der Waals surface area contributed by atoms with Crippen LogP contribution in [0.5, 0.6) is 0 Å². The third-order valence-electron chi connectivity index (χ3n) is 5.33. The molecule has 4 heteroatoms. The number of aromatic amines is 1. The van der Waals surface area contributed by atoms with E-state index < -0.39 is 0 Å². The number of aromatic nitrogens is 1. The monoisotopic (exact) mass is 333 g/mol. The minimum atomic E-state index is -0.00506. The molecule has 0 saturated carbocycles. The Labute approximate surface area is 147 Å². The minimum absolute atomic E-state index is 0.00506. The van der Waals surface area contributed by atoms with Crippen LogP contribution in [0.4, 0.5) is 11.4 Å². The van der Waals surface area contributed by atoms with Crippen molar-refractivity contribution in [1.82, 2.24) is 4.98 Å². The summed E-state index contributed by atoms with van der Waals surface area (Å²) in [6, 6.07) is 11.8. The van der Waals surface area contributed by atoms with Gasteiger partial charge in [0.2, 0.25) is 5.91 Å². The molecule has 0 bridgehead atoms. The Hall–Kier alpha value is -2.75. The van der Waals surface area contributed by atoms with Crippen LogP contribution in [0.15, 0.2) is 36.4 Å². The maximum atomic E-state index is 12.7. The van der Waals surface area contributed by atoms with Crippen LogP contribution in [-0.4, -0.2) is 10.9 Å². The van der Waals surface area contributed by atoms with Crippen molar-refractivity contribution in [2.45, 2.75) is 33.1 Å². The summed E-state index contributed by atoms with van der Waals surface area (Å²) in [6.45, 7) is 4.28. The molecule has 1 amide bonds. The Morgan fingerprint density at radius 2 is 2.00 bits per heavy atom. The molecule has 4 N–H and O–H groups in total. The molecular formula is C21H23N3O. The third-order valence-corrected chi connectivity index (χ3v) is 5.33. The highest BCUT2D eigenvalue weighted by molar-refractivity contribution is 5.94. The summed E-state index contributed by atoms with van der Waals surface area (Å²) in [6.07, 6.45) is 2.56.